The highest BCUT2D eigenvalue weighted by molar-refractivity contribution is 6.12. The van der Waals surface area contributed by atoms with Crippen molar-refractivity contribution in [2.75, 3.05) is 9.80 Å². The highest BCUT2D eigenvalue weighted by Gasteiger charge is 2.27. The summed E-state index contributed by atoms with van der Waals surface area (Å²) in [6.45, 7) is 0. The van der Waals surface area contributed by atoms with Gasteiger partial charge in [-0.05, 0) is 94.2 Å². The lowest BCUT2D eigenvalue weighted by Crippen LogP contribution is -2.11. The molecule has 0 unspecified atom stereocenters. The van der Waals surface area contributed by atoms with E-state index in [1.165, 1.54) is 33.0 Å². The molecule has 62 heavy (non-hydrogen) atoms. The van der Waals surface area contributed by atoms with E-state index in [1.54, 1.807) is 0 Å². The molecule has 0 amide bonds. The molecule has 10 aromatic carbocycles. The van der Waals surface area contributed by atoms with E-state index in [9.17, 15) is 0 Å². The van der Waals surface area contributed by atoms with Gasteiger partial charge in [0, 0.05) is 67.4 Å². The van der Waals surface area contributed by atoms with Crippen molar-refractivity contribution >= 4 is 88.8 Å². The Hall–Kier alpha value is -8.34. The van der Waals surface area contributed by atoms with E-state index in [4.69, 9.17) is 8.83 Å². The second-order valence-electron chi connectivity index (χ2n) is 16.0. The van der Waals surface area contributed by atoms with Crippen LogP contribution in [0.3, 0.4) is 0 Å². The molecule has 2 aromatic heterocycles. The third-order valence-electron chi connectivity index (χ3n) is 12.6. The Balaban J connectivity index is 0.969. The highest BCUT2D eigenvalue weighted by Crippen LogP contribution is 2.53. The Morgan fingerprint density at radius 1 is 0.339 bits per heavy atom. The van der Waals surface area contributed by atoms with E-state index in [1.807, 2.05) is 24.3 Å². The fourth-order valence-electron chi connectivity index (χ4n) is 9.81. The van der Waals surface area contributed by atoms with Crippen LogP contribution in [0.1, 0.15) is 0 Å². The molecule has 3 heterocycles. The van der Waals surface area contributed by atoms with Crippen molar-refractivity contribution in [2.45, 2.75) is 0 Å². The Morgan fingerprint density at radius 3 is 1.53 bits per heavy atom. The summed E-state index contributed by atoms with van der Waals surface area (Å²) in [5.41, 5.74) is 17.0. The van der Waals surface area contributed by atoms with Crippen LogP contribution in [0.15, 0.2) is 227 Å². The zero-order valence-electron chi connectivity index (χ0n) is 33.5. The molecule has 12 aromatic rings. The van der Waals surface area contributed by atoms with Crippen LogP contribution < -0.4 is 9.80 Å². The lowest BCUT2D eigenvalue weighted by Gasteiger charge is -2.29. The maximum Gasteiger partial charge on any atom is 0.137 e. The van der Waals surface area contributed by atoms with E-state index >= 15 is 0 Å². The first-order valence-electron chi connectivity index (χ1n) is 21.1. The maximum atomic E-state index is 6.46. The number of hydrogen-bond acceptors (Lipinski definition) is 4. The number of furan rings is 2. The molecule has 290 valence electrons. The van der Waals surface area contributed by atoms with Crippen molar-refractivity contribution in [3.05, 3.63) is 218 Å². The molecular weight excluding hydrogens is 757 g/mol. The first kappa shape index (κ1) is 34.5. The van der Waals surface area contributed by atoms with Crippen LogP contribution in [0, 0.1) is 0 Å². The standard InChI is InChI=1S/C58H36N2O2/c1-2-15-43-37(13-1)27-32-49-44-16-4-9-21-52(44)60(53-22-10-5-19-50(53)58(43)49)39-28-25-38(26-29-39)42-14-3-8-20-51(42)59(40-30-33-47-45-17-6-11-23-54(45)61-56(47)35-40)41-31-34-48-46-18-7-12-24-55(46)62-57(48)36-41/h1-36H. The van der Waals surface area contributed by atoms with Gasteiger partial charge >= 0.3 is 0 Å². The van der Waals surface area contributed by atoms with E-state index in [0.29, 0.717) is 0 Å². The number of nitrogens with zero attached hydrogens (tertiary/aromatic N) is 2. The number of para-hydroxylation sites is 5. The van der Waals surface area contributed by atoms with Gasteiger partial charge in [0.25, 0.3) is 0 Å². The number of hydrogen-bond donors (Lipinski definition) is 0. The van der Waals surface area contributed by atoms with Gasteiger partial charge < -0.3 is 18.6 Å². The van der Waals surface area contributed by atoms with E-state index in [0.717, 1.165) is 89.1 Å². The van der Waals surface area contributed by atoms with Gasteiger partial charge in [-0.2, -0.15) is 0 Å². The molecule has 0 fully saturated rings. The van der Waals surface area contributed by atoms with Gasteiger partial charge in [-0.3, -0.25) is 0 Å². The molecule has 0 aliphatic carbocycles. The molecule has 0 bridgehead atoms. The van der Waals surface area contributed by atoms with Crippen LogP contribution in [0.2, 0.25) is 0 Å². The molecule has 13 rings (SSSR count). The van der Waals surface area contributed by atoms with Crippen molar-refractivity contribution in [1.82, 2.24) is 0 Å². The largest absolute Gasteiger partial charge is 0.456 e. The van der Waals surface area contributed by atoms with E-state index < -0.39 is 0 Å². The van der Waals surface area contributed by atoms with Crippen LogP contribution >= 0.6 is 0 Å². The lowest BCUT2D eigenvalue weighted by molar-refractivity contribution is 0.669. The summed E-state index contributed by atoms with van der Waals surface area (Å²) in [5.74, 6) is 0. The minimum atomic E-state index is 0.841. The van der Waals surface area contributed by atoms with Crippen molar-refractivity contribution in [1.29, 1.82) is 0 Å². The van der Waals surface area contributed by atoms with E-state index in [2.05, 4.69) is 204 Å². The molecular formula is C58H36N2O2. The topological polar surface area (TPSA) is 32.8 Å². The number of anilines is 6. The number of benzene rings is 10. The molecule has 4 nitrogen and oxygen atoms in total. The maximum absolute atomic E-state index is 6.46. The van der Waals surface area contributed by atoms with Crippen LogP contribution in [0.25, 0.3) is 88.0 Å². The summed E-state index contributed by atoms with van der Waals surface area (Å²) < 4.78 is 12.9. The Kier molecular flexibility index (Phi) is 7.57. The van der Waals surface area contributed by atoms with E-state index in [-0.39, 0.29) is 0 Å². The fourth-order valence-corrected chi connectivity index (χ4v) is 9.81. The van der Waals surface area contributed by atoms with Gasteiger partial charge in [-0.1, -0.05) is 140 Å². The van der Waals surface area contributed by atoms with Crippen molar-refractivity contribution < 1.29 is 8.83 Å². The minimum Gasteiger partial charge on any atom is -0.456 e. The van der Waals surface area contributed by atoms with Crippen LogP contribution in [0.4, 0.5) is 34.1 Å². The average molecular weight is 793 g/mol. The molecule has 0 saturated carbocycles. The number of rotatable bonds is 5. The quantitative estimate of drug-likeness (QED) is 0.174. The summed E-state index contributed by atoms with van der Waals surface area (Å²) >= 11 is 0. The smallest absolute Gasteiger partial charge is 0.137 e. The third-order valence-corrected chi connectivity index (χ3v) is 12.6. The Bertz CT molecular complexity index is 3610. The molecule has 1 aliphatic heterocycles. The van der Waals surface area contributed by atoms with Crippen molar-refractivity contribution in [3.63, 3.8) is 0 Å². The summed E-state index contributed by atoms with van der Waals surface area (Å²) in [7, 11) is 0. The Labute approximate surface area is 357 Å². The zero-order chi connectivity index (χ0) is 40.7. The lowest BCUT2D eigenvalue weighted by atomic mass is 9.90. The predicted octanol–water partition coefficient (Wildman–Crippen LogP) is 16.9. The second-order valence-corrected chi connectivity index (χ2v) is 16.0. The van der Waals surface area contributed by atoms with Gasteiger partial charge in [0.05, 0.1) is 17.1 Å². The monoisotopic (exact) mass is 792 g/mol. The van der Waals surface area contributed by atoms with Crippen LogP contribution in [-0.4, -0.2) is 0 Å². The van der Waals surface area contributed by atoms with Gasteiger partial charge in [-0.25, -0.2) is 0 Å². The minimum absolute atomic E-state index is 0.841. The molecule has 1 aliphatic rings. The van der Waals surface area contributed by atoms with Gasteiger partial charge in [0.15, 0.2) is 0 Å². The first-order chi connectivity index (χ1) is 30.7. The molecule has 0 atom stereocenters. The van der Waals surface area contributed by atoms with Crippen molar-refractivity contribution in [2.24, 2.45) is 0 Å². The van der Waals surface area contributed by atoms with Crippen LogP contribution in [-0.2, 0) is 0 Å². The fraction of sp³-hybridized carbons (Fsp3) is 0. The van der Waals surface area contributed by atoms with Gasteiger partial charge in [-0.15, -0.1) is 0 Å². The predicted molar refractivity (Wildman–Crippen MR) is 258 cm³/mol. The molecule has 0 radical (unpaired) electrons. The SMILES string of the molecule is c1ccc(N(c2ccc3c(c2)oc2ccccc23)c2ccc3c(c2)oc2ccccc23)c(-c2ccc(N3c4ccccc4-c4ccc5ccccc5c4-c4ccccc43)cc2)c1. The second kappa shape index (κ2) is 13.6. The molecule has 4 heteroatoms. The van der Waals surface area contributed by atoms with Crippen molar-refractivity contribution in [3.8, 4) is 33.4 Å². The summed E-state index contributed by atoms with van der Waals surface area (Å²) in [5, 5.41) is 6.89. The summed E-state index contributed by atoms with van der Waals surface area (Å²) in [4.78, 5) is 4.75. The molecule has 0 spiro atoms. The summed E-state index contributed by atoms with van der Waals surface area (Å²) in [6, 6.07) is 78.1. The van der Waals surface area contributed by atoms with Gasteiger partial charge in [0.2, 0.25) is 0 Å². The third kappa shape index (κ3) is 5.27. The first-order valence-corrected chi connectivity index (χ1v) is 21.1. The molecule has 0 N–H and O–H groups in total. The number of fused-ring (bicyclic) bond motifs is 13. The average Bonchev–Trinajstić information content (AvgIpc) is 3.86. The molecule has 0 saturated heterocycles. The zero-order valence-corrected chi connectivity index (χ0v) is 33.5. The highest BCUT2D eigenvalue weighted by atomic mass is 16.3. The summed E-state index contributed by atoms with van der Waals surface area (Å²) in [6.07, 6.45) is 0. The van der Waals surface area contributed by atoms with Gasteiger partial charge in [0.1, 0.15) is 22.3 Å². The normalized spacial score (nSPS) is 12.2. The Morgan fingerprint density at radius 2 is 0.855 bits per heavy atom. The van der Waals surface area contributed by atoms with Crippen LogP contribution in [0.5, 0.6) is 0 Å².